The molecule has 0 aliphatic carbocycles. The van der Waals surface area contributed by atoms with Crippen LogP contribution >= 0.6 is 0 Å². The third-order valence-corrected chi connectivity index (χ3v) is 5.04. The maximum absolute atomic E-state index is 13.0. The van der Waals surface area contributed by atoms with Crippen molar-refractivity contribution in [2.75, 3.05) is 19.0 Å². The lowest BCUT2D eigenvalue weighted by Gasteiger charge is -2.22. The number of amides is 2. The van der Waals surface area contributed by atoms with Gasteiger partial charge in [-0.05, 0) is 61.4 Å². The fourth-order valence-electron chi connectivity index (χ4n) is 3.56. The van der Waals surface area contributed by atoms with Crippen molar-refractivity contribution in [1.29, 1.82) is 0 Å². The van der Waals surface area contributed by atoms with Gasteiger partial charge in [0.1, 0.15) is 11.8 Å². The molecule has 0 bridgehead atoms. The van der Waals surface area contributed by atoms with E-state index in [0.717, 1.165) is 24.2 Å². The number of nitrogens with zero attached hydrogens (tertiary/aromatic N) is 3. The Morgan fingerprint density at radius 1 is 1.13 bits per heavy atom. The van der Waals surface area contributed by atoms with Gasteiger partial charge in [0.2, 0.25) is 17.6 Å². The number of ether oxygens (including phenoxy) is 1. The van der Waals surface area contributed by atoms with Crippen molar-refractivity contribution in [2.45, 2.75) is 25.8 Å². The highest BCUT2D eigenvalue weighted by Crippen LogP contribution is 2.33. The average molecular weight is 406 g/mol. The summed E-state index contributed by atoms with van der Waals surface area (Å²) in [4.78, 5) is 30.5. The van der Waals surface area contributed by atoms with Crippen LogP contribution in [0.3, 0.4) is 0 Å². The van der Waals surface area contributed by atoms with Gasteiger partial charge >= 0.3 is 0 Å². The molecule has 1 atom stereocenters. The van der Waals surface area contributed by atoms with Gasteiger partial charge in [0.05, 0.1) is 7.11 Å². The topological polar surface area (TPSA) is 97.6 Å². The van der Waals surface area contributed by atoms with Crippen LogP contribution in [0.1, 0.15) is 42.1 Å². The van der Waals surface area contributed by atoms with Gasteiger partial charge in [-0.1, -0.05) is 5.16 Å². The van der Waals surface area contributed by atoms with Gasteiger partial charge in [-0.2, -0.15) is 4.98 Å². The summed E-state index contributed by atoms with van der Waals surface area (Å²) in [5, 5.41) is 6.78. The zero-order valence-electron chi connectivity index (χ0n) is 16.8. The van der Waals surface area contributed by atoms with Crippen LogP contribution in [0.4, 0.5) is 5.69 Å². The molecule has 1 saturated heterocycles. The highest BCUT2D eigenvalue weighted by Gasteiger charge is 2.34. The second-order valence-electron chi connectivity index (χ2n) is 7.10. The van der Waals surface area contributed by atoms with E-state index in [1.54, 1.807) is 36.3 Å². The average Bonchev–Trinajstić information content (AvgIpc) is 3.43. The molecule has 0 unspecified atom stereocenters. The molecule has 8 heteroatoms. The van der Waals surface area contributed by atoms with Crippen molar-refractivity contribution >= 4 is 17.5 Å². The molecule has 8 nitrogen and oxygen atoms in total. The predicted octanol–water partition coefficient (Wildman–Crippen LogP) is 3.68. The monoisotopic (exact) mass is 406 g/mol. The second kappa shape index (κ2) is 8.36. The highest BCUT2D eigenvalue weighted by atomic mass is 16.5. The molecule has 1 aromatic heterocycles. The van der Waals surface area contributed by atoms with E-state index >= 15 is 0 Å². The Morgan fingerprint density at radius 3 is 2.53 bits per heavy atom. The fraction of sp³-hybridized carbons (Fsp3) is 0.273. The Bertz CT molecular complexity index is 1040. The molecule has 2 aromatic carbocycles. The molecule has 1 N–H and O–H groups in total. The number of hydrogen-bond acceptors (Lipinski definition) is 6. The van der Waals surface area contributed by atoms with E-state index in [9.17, 15) is 9.59 Å². The largest absolute Gasteiger partial charge is 0.497 e. The Kier molecular flexibility index (Phi) is 5.47. The summed E-state index contributed by atoms with van der Waals surface area (Å²) < 4.78 is 10.7. The third kappa shape index (κ3) is 4.03. The Hall–Kier alpha value is -3.68. The summed E-state index contributed by atoms with van der Waals surface area (Å²) in [6.07, 6.45) is 1.63. The number of carbonyl (C=O) groups excluding carboxylic acids is 2. The van der Waals surface area contributed by atoms with Gasteiger partial charge in [-0.25, -0.2) is 0 Å². The van der Waals surface area contributed by atoms with Crippen LogP contribution < -0.4 is 10.1 Å². The lowest BCUT2D eigenvalue weighted by molar-refractivity contribution is -0.114. The zero-order chi connectivity index (χ0) is 21.1. The van der Waals surface area contributed by atoms with Gasteiger partial charge in [0.15, 0.2) is 0 Å². The molecule has 0 radical (unpaired) electrons. The van der Waals surface area contributed by atoms with Crippen molar-refractivity contribution in [3.05, 3.63) is 60.0 Å². The van der Waals surface area contributed by atoms with E-state index in [2.05, 4.69) is 15.5 Å². The summed E-state index contributed by atoms with van der Waals surface area (Å²) in [7, 11) is 1.61. The third-order valence-electron chi connectivity index (χ3n) is 5.04. The van der Waals surface area contributed by atoms with Crippen LogP contribution in [0.25, 0.3) is 11.4 Å². The van der Waals surface area contributed by atoms with E-state index in [-0.39, 0.29) is 17.9 Å². The first-order valence-corrected chi connectivity index (χ1v) is 9.72. The first-order chi connectivity index (χ1) is 14.5. The zero-order valence-corrected chi connectivity index (χ0v) is 16.8. The summed E-state index contributed by atoms with van der Waals surface area (Å²) in [5.41, 5.74) is 2.01. The van der Waals surface area contributed by atoms with Crippen molar-refractivity contribution < 1.29 is 18.8 Å². The van der Waals surface area contributed by atoms with E-state index in [4.69, 9.17) is 9.26 Å². The molecule has 2 heterocycles. The highest BCUT2D eigenvalue weighted by molar-refractivity contribution is 5.95. The molecule has 0 saturated carbocycles. The first-order valence-electron chi connectivity index (χ1n) is 9.72. The quantitative estimate of drug-likeness (QED) is 0.694. The molecular formula is C22H22N4O4. The smallest absolute Gasteiger partial charge is 0.254 e. The number of likely N-dealkylation sites (tertiary alicyclic amines) is 1. The normalized spacial score (nSPS) is 15.8. The molecular weight excluding hydrogens is 384 g/mol. The van der Waals surface area contributed by atoms with Crippen LogP contribution in [0, 0.1) is 0 Å². The molecule has 0 spiro atoms. The van der Waals surface area contributed by atoms with Gasteiger partial charge < -0.3 is 19.5 Å². The lowest BCUT2D eigenvalue weighted by Crippen LogP contribution is -2.30. The number of carbonyl (C=O) groups is 2. The molecule has 3 aromatic rings. The molecule has 1 aliphatic rings. The summed E-state index contributed by atoms with van der Waals surface area (Å²) >= 11 is 0. The molecule has 1 fully saturated rings. The summed E-state index contributed by atoms with van der Waals surface area (Å²) in [6, 6.07) is 14.0. The number of hydrogen-bond donors (Lipinski definition) is 1. The fourth-order valence-corrected chi connectivity index (χ4v) is 3.56. The van der Waals surface area contributed by atoms with Crippen LogP contribution in [-0.4, -0.2) is 40.5 Å². The van der Waals surface area contributed by atoms with Crippen molar-refractivity contribution in [1.82, 2.24) is 15.0 Å². The minimum Gasteiger partial charge on any atom is -0.497 e. The number of anilines is 1. The Labute approximate surface area is 173 Å². The molecule has 154 valence electrons. The predicted molar refractivity (Wildman–Crippen MR) is 110 cm³/mol. The number of benzene rings is 2. The van der Waals surface area contributed by atoms with Gasteiger partial charge in [0, 0.05) is 30.3 Å². The van der Waals surface area contributed by atoms with Crippen molar-refractivity contribution in [2.24, 2.45) is 0 Å². The van der Waals surface area contributed by atoms with E-state index in [1.165, 1.54) is 6.92 Å². The number of rotatable bonds is 5. The lowest BCUT2D eigenvalue weighted by atomic mass is 10.1. The van der Waals surface area contributed by atoms with E-state index in [1.807, 2.05) is 24.3 Å². The van der Waals surface area contributed by atoms with Gasteiger partial charge in [0.25, 0.3) is 5.91 Å². The van der Waals surface area contributed by atoms with E-state index < -0.39 is 0 Å². The minimum absolute atomic E-state index is 0.101. The van der Waals surface area contributed by atoms with Crippen LogP contribution in [0.5, 0.6) is 5.75 Å². The maximum Gasteiger partial charge on any atom is 0.254 e. The number of nitrogens with one attached hydrogen (secondary N) is 1. The Balaban J connectivity index is 1.51. The van der Waals surface area contributed by atoms with Crippen molar-refractivity contribution in [3.63, 3.8) is 0 Å². The second-order valence-corrected chi connectivity index (χ2v) is 7.10. The van der Waals surface area contributed by atoms with Crippen LogP contribution in [0.15, 0.2) is 53.1 Å². The Morgan fingerprint density at radius 2 is 1.87 bits per heavy atom. The van der Waals surface area contributed by atoms with Crippen molar-refractivity contribution in [3.8, 4) is 17.1 Å². The van der Waals surface area contributed by atoms with E-state index in [0.29, 0.717) is 29.5 Å². The maximum atomic E-state index is 13.0. The number of aromatic nitrogens is 2. The summed E-state index contributed by atoms with van der Waals surface area (Å²) in [6.45, 7) is 2.07. The van der Waals surface area contributed by atoms with Gasteiger partial charge in [-0.3, -0.25) is 9.59 Å². The molecule has 30 heavy (non-hydrogen) atoms. The minimum atomic E-state index is -0.257. The molecule has 4 rings (SSSR count). The van der Waals surface area contributed by atoms with Gasteiger partial charge in [-0.15, -0.1) is 0 Å². The number of methoxy groups -OCH3 is 1. The summed E-state index contributed by atoms with van der Waals surface area (Å²) in [5.74, 6) is 1.40. The standard InChI is InChI=1S/C22H22N4O4/c1-14(27)23-17-9-5-16(6-10-17)22(28)26-13-3-4-19(26)21-24-20(25-30-21)15-7-11-18(29-2)12-8-15/h5-12,19H,3-4,13H2,1-2H3,(H,23,27)/t19-/m0/s1. The van der Waals surface area contributed by atoms with Crippen LogP contribution in [0.2, 0.25) is 0 Å². The van der Waals surface area contributed by atoms with Crippen LogP contribution in [-0.2, 0) is 4.79 Å². The molecule has 1 aliphatic heterocycles. The molecule has 2 amide bonds. The first kappa shape index (κ1) is 19.6. The SMILES string of the molecule is COc1ccc(-c2noc([C@@H]3CCCN3C(=O)c3ccc(NC(C)=O)cc3)n2)cc1.